The van der Waals surface area contributed by atoms with Crippen molar-refractivity contribution in [2.45, 2.75) is 45.8 Å². The largest absolute Gasteiger partial charge is 0.387 e. The molecule has 1 atom stereocenters. The zero-order valence-corrected chi connectivity index (χ0v) is 13.5. The maximum Gasteiger partial charge on any atom is 0.137 e. The molecule has 0 aliphatic heterocycles. The van der Waals surface area contributed by atoms with E-state index in [-0.39, 0.29) is 5.41 Å². The van der Waals surface area contributed by atoms with E-state index in [0.29, 0.717) is 13.0 Å². The van der Waals surface area contributed by atoms with E-state index in [4.69, 9.17) is 11.6 Å². The molecule has 5 heteroatoms. The molecule has 1 heterocycles. The van der Waals surface area contributed by atoms with Crippen LogP contribution in [0.5, 0.6) is 0 Å². The van der Waals surface area contributed by atoms with Gasteiger partial charge in [0.15, 0.2) is 0 Å². The van der Waals surface area contributed by atoms with Crippen molar-refractivity contribution in [3.8, 4) is 0 Å². The summed E-state index contributed by atoms with van der Waals surface area (Å²) in [5, 5.41) is 16.0. The molecule has 0 aliphatic carbocycles. The zero-order valence-electron chi connectivity index (χ0n) is 12.8. The summed E-state index contributed by atoms with van der Waals surface area (Å²) in [7, 11) is 0. The topological polar surface area (TPSA) is 50.9 Å². The number of nitrogens with zero attached hydrogens (tertiary/aromatic N) is 3. The number of hydrogen-bond donors (Lipinski definition) is 1. The maximum absolute atomic E-state index is 11.1. The second kappa shape index (κ2) is 6.16. The van der Waals surface area contributed by atoms with Crippen molar-refractivity contribution in [2.75, 3.05) is 0 Å². The van der Waals surface area contributed by atoms with Crippen molar-refractivity contribution in [3.63, 3.8) is 0 Å². The zero-order chi connectivity index (χ0) is 15.5. The van der Waals surface area contributed by atoms with E-state index >= 15 is 0 Å². The van der Waals surface area contributed by atoms with Crippen LogP contribution in [0, 0.1) is 5.41 Å². The highest BCUT2D eigenvalue weighted by atomic mass is 35.5. The highest BCUT2D eigenvalue weighted by molar-refractivity contribution is 6.31. The fraction of sp³-hybridized carbons (Fsp3) is 0.500. The van der Waals surface area contributed by atoms with Gasteiger partial charge in [-0.25, -0.2) is 4.98 Å². The Labute approximate surface area is 130 Å². The molecular weight excluding hydrogens is 286 g/mol. The number of benzene rings is 1. The van der Waals surface area contributed by atoms with Crippen molar-refractivity contribution >= 4 is 11.6 Å². The van der Waals surface area contributed by atoms with E-state index < -0.39 is 5.60 Å². The van der Waals surface area contributed by atoms with Crippen LogP contribution >= 0.6 is 11.6 Å². The minimum atomic E-state index is -0.889. The lowest BCUT2D eigenvalue weighted by molar-refractivity contribution is -0.0796. The molecule has 0 saturated heterocycles. The molecule has 0 fully saturated rings. The van der Waals surface area contributed by atoms with Gasteiger partial charge in [-0.05, 0) is 29.9 Å². The highest BCUT2D eigenvalue weighted by Crippen LogP contribution is 2.36. The first-order chi connectivity index (χ1) is 9.82. The number of aromatic nitrogens is 3. The van der Waals surface area contributed by atoms with Crippen molar-refractivity contribution in [1.82, 2.24) is 14.8 Å². The van der Waals surface area contributed by atoms with Crippen LogP contribution in [0.3, 0.4) is 0 Å². The number of aliphatic hydroxyl groups is 1. The Kier molecular flexibility index (Phi) is 4.69. The summed E-state index contributed by atoms with van der Waals surface area (Å²) >= 11 is 6.20. The molecule has 1 aromatic heterocycles. The van der Waals surface area contributed by atoms with Gasteiger partial charge in [-0.1, -0.05) is 50.6 Å². The predicted molar refractivity (Wildman–Crippen MR) is 84.2 cm³/mol. The molecule has 0 saturated carbocycles. The lowest BCUT2D eigenvalue weighted by atomic mass is 9.73. The molecule has 0 unspecified atom stereocenters. The first kappa shape index (κ1) is 16.0. The first-order valence-corrected chi connectivity index (χ1v) is 7.48. The molecular formula is C16H22ClN3O. The lowest BCUT2D eigenvalue weighted by Gasteiger charge is -2.40. The third-order valence-electron chi connectivity index (χ3n) is 4.05. The van der Waals surface area contributed by atoms with E-state index in [9.17, 15) is 5.11 Å². The van der Waals surface area contributed by atoms with Crippen molar-refractivity contribution in [1.29, 1.82) is 0 Å². The molecule has 0 bridgehead atoms. The van der Waals surface area contributed by atoms with Gasteiger partial charge in [0.05, 0.1) is 12.1 Å². The first-order valence-electron chi connectivity index (χ1n) is 7.10. The average Bonchev–Trinajstić information content (AvgIpc) is 2.89. The van der Waals surface area contributed by atoms with Gasteiger partial charge in [0.25, 0.3) is 0 Å². The lowest BCUT2D eigenvalue weighted by Crippen LogP contribution is -2.47. The number of halogens is 1. The minimum Gasteiger partial charge on any atom is -0.387 e. The Morgan fingerprint density at radius 2 is 1.95 bits per heavy atom. The van der Waals surface area contributed by atoms with Gasteiger partial charge in [-0.2, -0.15) is 5.10 Å². The molecule has 2 aromatic rings. The Bertz CT molecular complexity index is 577. The molecule has 1 aromatic carbocycles. The van der Waals surface area contributed by atoms with E-state index in [0.717, 1.165) is 17.0 Å². The van der Waals surface area contributed by atoms with Gasteiger partial charge in [-0.15, -0.1) is 0 Å². The third kappa shape index (κ3) is 3.83. The third-order valence-corrected chi connectivity index (χ3v) is 4.42. The van der Waals surface area contributed by atoms with Gasteiger partial charge < -0.3 is 5.11 Å². The fourth-order valence-corrected chi connectivity index (χ4v) is 2.55. The Morgan fingerprint density at radius 1 is 1.24 bits per heavy atom. The second-order valence-electron chi connectivity index (χ2n) is 6.47. The monoisotopic (exact) mass is 307 g/mol. The summed E-state index contributed by atoms with van der Waals surface area (Å²) in [5.74, 6) is 0. The summed E-state index contributed by atoms with van der Waals surface area (Å²) in [6, 6.07) is 7.76. The van der Waals surface area contributed by atoms with Crippen LogP contribution < -0.4 is 0 Å². The molecule has 0 spiro atoms. The van der Waals surface area contributed by atoms with E-state index in [1.165, 1.54) is 6.33 Å². The Hall–Kier alpha value is -1.39. The second-order valence-corrected chi connectivity index (χ2v) is 6.87. The summed E-state index contributed by atoms with van der Waals surface area (Å²) in [6.07, 6.45) is 4.45. The Balaban J connectivity index is 2.15. The summed E-state index contributed by atoms with van der Waals surface area (Å²) < 4.78 is 1.68. The predicted octanol–water partition coefficient (Wildman–Crippen LogP) is 3.34. The number of hydrogen-bond acceptors (Lipinski definition) is 3. The van der Waals surface area contributed by atoms with Crippen LogP contribution in [0.4, 0.5) is 0 Å². The van der Waals surface area contributed by atoms with Crippen LogP contribution in [0.1, 0.15) is 32.8 Å². The molecule has 4 nitrogen and oxygen atoms in total. The fourth-order valence-electron chi connectivity index (χ4n) is 2.32. The van der Waals surface area contributed by atoms with Gasteiger partial charge in [-0.3, -0.25) is 4.68 Å². The SMILES string of the molecule is CC(C)(C)[C@@](O)(CCc1ccccc1Cl)Cn1cncn1. The molecule has 1 N–H and O–H groups in total. The highest BCUT2D eigenvalue weighted by Gasteiger charge is 2.40. The molecule has 0 radical (unpaired) electrons. The molecule has 114 valence electrons. The van der Waals surface area contributed by atoms with E-state index in [1.807, 2.05) is 45.0 Å². The molecule has 21 heavy (non-hydrogen) atoms. The molecule has 2 rings (SSSR count). The van der Waals surface area contributed by atoms with Crippen molar-refractivity contribution in [2.24, 2.45) is 5.41 Å². The minimum absolute atomic E-state index is 0.278. The quantitative estimate of drug-likeness (QED) is 0.921. The van der Waals surface area contributed by atoms with Crippen LogP contribution in [0.25, 0.3) is 0 Å². The number of rotatable bonds is 5. The molecule has 0 amide bonds. The van der Waals surface area contributed by atoms with Gasteiger partial charge in [0.1, 0.15) is 12.7 Å². The summed E-state index contributed by atoms with van der Waals surface area (Å²) in [6.45, 7) is 6.53. The average molecular weight is 308 g/mol. The van der Waals surface area contributed by atoms with E-state index in [1.54, 1.807) is 11.0 Å². The van der Waals surface area contributed by atoms with Crippen molar-refractivity contribution in [3.05, 3.63) is 47.5 Å². The van der Waals surface area contributed by atoms with Gasteiger partial charge >= 0.3 is 0 Å². The smallest absolute Gasteiger partial charge is 0.137 e. The van der Waals surface area contributed by atoms with Gasteiger partial charge in [0, 0.05) is 5.02 Å². The van der Waals surface area contributed by atoms with Crippen LogP contribution in [-0.4, -0.2) is 25.5 Å². The van der Waals surface area contributed by atoms with Crippen LogP contribution in [0.2, 0.25) is 5.02 Å². The van der Waals surface area contributed by atoms with Crippen LogP contribution in [-0.2, 0) is 13.0 Å². The van der Waals surface area contributed by atoms with E-state index in [2.05, 4.69) is 10.1 Å². The normalized spacial score (nSPS) is 14.9. The summed E-state index contributed by atoms with van der Waals surface area (Å²) in [5.41, 5.74) is -0.111. The van der Waals surface area contributed by atoms with Crippen molar-refractivity contribution < 1.29 is 5.11 Å². The summed E-state index contributed by atoms with van der Waals surface area (Å²) in [4.78, 5) is 3.94. The molecule has 0 aliphatic rings. The maximum atomic E-state index is 11.1. The number of aryl methyl sites for hydroxylation is 1. The van der Waals surface area contributed by atoms with Gasteiger partial charge in [0.2, 0.25) is 0 Å². The van der Waals surface area contributed by atoms with Crippen LogP contribution in [0.15, 0.2) is 36.9 Å². The Morgan fingerprint density at radius 3 is 2.52 bits per heavy atom. The standard InChI is InChI=1S/C16H22ClN3O/c1-15(2,3)16(21,10-20-12-18-11-19-20)9-8-13-6-4-5-7-14(13)17/h4-7,11-12,21H,8-10H2,1-3H3/t16-/m1/s1.